The van der Waals surface area contributed by atoms with Gasteiger partial charge in [0, 0.05) is 0 Å². The molecule has 0 saturated heterocycles. The van der Waals surface area contributed by atoms with Crippen LogP contribution in [0.2, 0.25) is 0 Å². The largest absolute Gasteiger partial charge is 0.481 e. The van der Waals surface area contributed by atoms with E-state index in [2.05, 4.69) is 9.97 Å². The molecular formula is C14H16N2O2S. The van der Waals surface area contributed by atoms with Crippen molar-refractivity contribution >= 4 is 28.8 Å². The van der Waals surface area contributed by atoms with Crippen LogP contribution in [0.5, 0.6) is 0 Å². The maximum absolute atomic E-state index is 10.8. The summed E-state index contributed by atoms with van der Waals surface area (Å²) >= 11 is 1.78. The number of nitrogens with one attached hydrogen (secondary N) is 1. The molecule has 2 N–H and O–H groups in total. The van der Waals surface area contributed by atoms with Gasteiger partial charge in [0.25, 0.3) is 0 Å². The molecule has 1 aliphatic rings. The number of aromatic nitrogens is 2. The number of benzene rings is 1. The Bertz CT molecular complexity index is 571. The molecule has 19 heavy (non-hydrogen) atoms. The van der Waals surface area contributed by atoms with Crippen molar-refractivity contribution in [1.29, 1.82) is 0 Å². The molecule has 0 spiro atoms. The summed E-state index contributed by atoms with van der Waals surface area (Å²) in [7, 11) is 0. The molecule has 100 valence electrons. The monoisotopic (exact) mass is 276 g/mol. The van der Waals surface area contributed by atoms with Gasteiger partial charge in [0.1, 0.15) is 5.82 Å². The van der Waals surface area contributed by atoms with E-state index in [1.54, 1.807) is 11.8 Å². The Kier molecular flexibility index (Phi) is 3.22. The van der Waals surface area contributed by atoms with Crippen LogP contribution in [-0.4, -0.2) is 26.8 Å². The third-order valence-electron chi connectivity index (χ3n) is 3.57. The van der Waals surface area contributed by atoms with E-state index in [4.69, 9.17) is 5.11 Å². The average molecular weight is 276 g/mol. The highest BCUT2D eigenvalue weighted by Gasteiger charge is 2.44. The van der Waals surface area contributed by atoms with Gasteiger partial charge < -0.3 is 10.1 Å². The number of carbonyl (C=O) groups is 1. The summed E-state index contributed by atoms with van der Waals surface area (Å²) in [6.45, 7) is 0. The standard InChI is InChI=1S/C14H16N2O2S/c17-13(18)7-14(5-6-14)9-19-8-12-15-10-3-1-2-4-11(10)16-12/h1-4H,5-9H2,(H,15,16)(H,17,18). The number of H-pyrrole nitrogens is 1. The first-order valence-electron chi connectivity index (χ1n) is 6.40. The number of hydrogen-bond donors (Lipinski definition) is 2. The lowest BCUT2D eigenvalue weighted by atomic mass is 10.1. The maximum atomic E-state index is 10.8. The number of imidazole rings is 1. The van der Waals surface area contributed by atoms with Crippen molar-refractivity contribution in [1.82, 2.24) is 9.97 Å². The highest BCUT2D eigenvalue weighted by atomic mass is 32.2. The van der Waals surface area contributed by atoms with Crippen molar-refractivity contribution in [3.8, 4) is 0 Å². The Morgan fingerprint density at radius 3 is 2.89 bits per heavy atom. The normalized spacial score (nSPS) is 16.6. The maximum Gasteiger partial charge on any atom is 0.303 e. The van der Waals surface area contributed by atoms with E-state index in [1.165, 1.54) is 0 Å². The number of thioether (sulfide) groups is 1. The van der Waals surface area contributed by atoms with Crippen LogP contribution in [0, 0.1) is 5.41 Å². The van der Waals surface area contributed by atoms with Crippen LogP contribution >= 0.6 is 11.8 Å². The van der Waals surface area contributed by atoms with Gasteiger partial charge in [0.2, 0.25) is 0 Å². The lowest BCUT2D eigenvalue weighted by Crippen LogP contribution is -2.11. The van der Waals surface area contributed by atoms with Crippen molar-refractivity contribution in [2.45, 2.75) is 25.0 Å². The molecule has 5 heteroatoms. The number of aromatic amines is 1. The molecule has 1 saturated carbocycles. The lowest BCUT2D eigenvalue weighted by molar-refractivity contribution is -0.138. The van der Waals surface area contributed by atoms with Crippen molar-refractivity contribution in [3.05, 3.63) is 30.1 Å². The van der Waals surface area contributed by atoms with Crippen molar-refractivity contribution in [3.63, 3.8) is 0 Å². The Morgan fingerprint density at radius 1 is 1.42 bits per heavy atom. The molecule has 0 bridgehead atoms. The van der Waals surface area contributed by atoms with Crippen LogP contribution in [0.3, 0.4) is 0 Å². The van der Waals surface area contributed by atoms with E-state index < -0.39 is 5.97 Å². The van der Waals surface area contributed by atoms with E-state index >= 15 is 0 Å². The van der Waals surface area contributed by atoms with Crippen LogP contribution in [0.15, 0.2) is 24.3 Å². The summed E-state index contributed by atoms with van der Waals surface area (Å²) in [5.41, 5.74) is 2.11. The average Bonchev–Trinajstić information content (AvgIpc) is 2.99. The Hall–Kier alpha value is -1.49. The van der Waals surface area contributed by atoms with Crippen molar-refractivity contribution in [2.75, 3.05) is 5.75 Å². The van der Waals surface area contributed by atoms with E-state index in [1.807, 2.05) is 24.3 Å². The van der Waals surface area contributed by atoms with E-state index in [-0.39, 0.29) is 5.41 Å². The molecule has 0 aliphatic heterocycles. The topological polar surface area (TPSA) is 66.0 Å². The predicted octanol–water partition coefficient (Wildman–Crippen LogP) is 3.05. The summed E-state index contributed by atoms with van der Waals surface area (Å²) in [4.78, 5) is 18.6. The van der Waals surface area contributed by atoms with Gasteiger partial charge in [-0.2, -0.15) is 11.8 Å². The zero-order valence-electron chi connectivity index (χ0n) is 10.6. The second-order valence-corrected chi connectivity index (χ2v) is 6.25. The highest BCUT2D eigenvalue weighted by molar-refractivity contribution is 7.98. The Balaban J connectivity index is 1.56. The van der Waals surface area contributed by atoms with Crippen LogP contribution < -0.4 is 0 Å². The van der Waals surface area contributed by atoms with Gasteiger partial charge in [-0.05, 0) is 36.1 Å². The zero-order valence-corrected chi connectivity index (χ0v) is 11.4. The number of fused-ring (bicyclic) bond motifs is 1. The van der Waals surface area contributed by atoms with Gasteiger partial charge in [-0.25, -0.2) is 4.98 Å². The number of para-hydroxylation sites is 2. The molecule has 0 radical (unpaired) electrons. The minimum Gasteiger partial charge on any atom is -0.481 e. The first-order chi connectivity index (χ1) is 9.17. The molecule has 4 nitrogen and oxygen atoms in total. The molecule has 0 amide bonds. The highest BCUT2D eigenvalue weighted by Crippen LogP contribution is 2.51. The molecule has 0 unspecified atom stereocenters. The number of hydrogen-bond acceptors (Lipinski definition) is 3. The second kappa shape index (κ2) is 4.89. The number of carboxylic acids is 1. The summed E-state index contributed by atoms with van der Waals surface area (Å²) < 4.78 is 0. The van der Waals surface area contributed by atoms with Gasteiger partial charge in [0.15, 0.2) is 0 Å². The smallest absolute Gasteiger partial charge is 0.303 e. The molecule has 2 aromatic rings. The van der Waals surface area contributed by atoms with E-state index in [0.717, 1.165) is 41.2 Å². The van der Waals surface area contributed by atoms with Gasteiger partial charge in [-0.1, -0.05) is 12.1 Å². The summed E-state index contributed by atoms with van der Waals surface area (Å²) in [6.07, 6.45) is 2.40. The molecule has 0 atom stereocenters. The van der Waals surface area contributed by atoms with Crippen molar-refractivity contribution in [2.24, 2.45) is 5.41 Å². The minimum atomic E-state index is -0.679. The summed E-state index contributed by atoms with van der Waals surface area (Å²) in [6, 6.07) is 7.98. The minimum absolute atomic E-state index is 0.0581. The third kappa shape index (κ3) is 2.92. The van der Waals surface area contributed by atoms with Crippen LogP contribution in [0.25, 0.3) is 11.0 Å². The number of aliphatic carboxylic acids is 1. The molecular weight excluding hydrogens is 260 g/mol. The predicted molar refractivity (Wildman–Crippen MR) is 76.2 cm³/mol. The summed E-state index contributed by atoms with van der Waals surface area (Å²) in [5.74, 6) is 2.02. The van der Waals surface area contributed by atoms with Gasteiger partial charge in [-0.3, -0.25) is 4.79 Å². The Morgan fingerprint density at radius 2 is 2.21 bits per heavy atom. The SMILES string of the molecule is O=C(O)CC1(CSCc2nc3ccccc3[nH]2)CC1. The van der Waals surface area contributed by atoms with Gasteiger partial charge in [-0.15, -0.1) is 0 Å². The van der Waals surface area contributed by atoms with Gasteiger partial charge in [0.05, 0.1) is 23.2 Å². The number of nitrogens with zero attached hydrogens (tertiary/aromatic N) is 1. The van der Waals surface area contributed by atoms with E-state index in [9.17, 15) is 4.79 Å². The molecule has 1 aliphatic carbocycles. The quantitative estimate of drug-likeness (QED) is 0.851. The van der Waals surface area contributed by atoms with Crippen LogP contribution in [-0.2, 0) is 10.5 Å². The molecule has 3 rings (SSSR count). The van der Waals surface area contributed by atoms with Crippen LogP contribution in [0.1, 0.15) is 25.1 Å². The molecule has 1 aromatic heterocycles. The van der Waals surface area contributed by atoms with E-state index in [0.29, 0.717) is 6.42 Å². The first kappa shape index (κ1) is 12.5. The van der Waals surface area contributed by atoms with Crippen LogP contribution in [0.4, 0.5) is 0 Å². The first-order valence-corrected chi connectivity index (χ1v) is 7.56. The lowest BCUT2D eigenvalue weighted by Gasteiger charge is -2.10. The Labute approximate surface area is 115 Å². The van der Waals surface area contributed by atoms with Gasteiger partial charge >= 0.3 is 5.97 Å². The molecule has 1 fully saturated rings. The molecule has 1 heterocycles. The molecule has 1 aromatic carbocycles. The van der Waals surface area contributed by atoms with Crippen molar-refractivity contribution < 1.29 is 9.90 Å². The second-order valence-electron chi connectivity index (χ2n) is 5.26. The third-order valence-corrected chi connectivity index (χ3v) is 4.86. The zero-order chi connectivity index (χ0) is 13.3. The number of rotatable bonds is 6. The fraction of sp³-hybridized carbons (Fsp3) is 0.429. The fourth-order valence-electron chi connectivity index (χ4n) is 2.31. The summed E-state index contributed by atoms with van der Waals surface area (Å²) in [5, 5.41) is 8.87. The fourth-order valence-corrected chi connectivity index (χ4v) is 3.56. The number of carboxylic acid groups (broad SMARTS) is 1.